The first-order valence-corrected chi connectivity index (χ1v) is 8.15. The van der Waals surface area contributed by atoms with Gasteiger partial charge in [0.15, 0.2) is 0 Å². The third-order valence-electron chi connectivity index (χ3n) is 3.30. The van der Waals surface area contributed by atoms with Crippen molar-refractivity contribution in [3.05, 3.63) is 34.9 Å². The van der Waals surface area contributed by atoms with Gasteiger partial charge in [-0.05, 0) is 45.6 Å². The summed E-state index contributed by atoms with van der Waals surface area (Å²) in [7, 11) is 1.77. The van der Waals surface area contributed by atoms with Crippen LogP contribution in [0.3, 0.4) is 0 Å². The monoisotopic (exact) mass is 307 g/mol. The molecule has 0 aliphatic rings. The van der Waals surface area contributed by atoms with Gasteiger partial charge in [0, 0.05) is 12.6 Å². The Balaban J connectivity index is 0. The summed E-state index contributed by atoms with van der Waals surface area (Å²) in [5.41, 5.74) is 4.40. The predicted molar refractivity (Wildman–Crippen MR) is 99.5 cm³/mol. The van der Waals surface area contributed by atoms with Crippen molar-refractivity contribution in [3.8, 4) is 0 Å². The molecular formula is C20H37NO. The van der Waals surface area contributed by atoms with Crippen molar-refractivity contribution in [2.45, 2.75) is 80.2 Å². The number of rotatable bonds is 1. The SMILES string of the molecule is CC.CN(C=O)C(C)(C)C.Cc1cc(C)cc(C(C)(C)C)c1. The number of hydrogen-bond donors (Lipinski definition) is 0. The second kappa shape index (κ2) is 9.66. The van der Waals surface area contributed by atoms with E-state index in [0.717, 1.165) is 6.41 Å². The Labute approximate surface area is 138 Å². The third-order valence-corrected chi connectivity index (χ3v) is 3.30. The Morgan fingerprint density at radius 1 is 0.864 bits per heavy atom. The third kappa shape index (κ3) is 9.59. The molecule has 1 amide bonds. The molecule has 0 heterocycles. The summed E-state index contributed by atoms with van der Waals surface area (Å²) in [4.78, 5) is 11.7. The van der Waals surface area contributed by atoms with Gasteiger partial charge in [0.25, 0.3) is 0 Å². The Morgan fingerprint density at radius 2 is 1.23 bits per heavy atom. The van der Waals surface area contributed by atoms with Crippen LogP contribution in [0.25, 0.3) is 0 Å². The molecule has 1 aromatic carbocycles. The first-order valence-electron chi connectivity index (χ1n) is 8.15. The molecule has 0 aliphatic carbocycles. The first-order chi connectivity index (χ1) is 9.87. The molecule has 0 fully saturated rings. The van der Waals surface area contributed by atoms with Crippen molar-refractivity contribution in [2.75, 3.05) is 7.05 Å². The summed E-state index contributed by atoms with van der Waals surface area (Å²) >= 11 is 0. The molecule has 0 atom stereocenters. The Bertz CT molecular complexity index is 416. The summed E-state index contributed by atoms with van der Waals surface area (Å²) in [5, 5.41) is 0. The molecule has 0 spiro atoms. The van der Waals surface area contributed by atoms with Crippen molar-refractivity contribution >= 4 is 6.41 Å². The van der Waals surface area contributed by atoms with Crippen molar-refractivity contribution < 1.29 is 4.79 Å². The Kier molecular flexibility index (Phi) is 10.1. The second-order valence-corrected chi connectivity index (χ2v) is 7.51. The molecule has 128 valence electrons. The highest BCUT2D eigenvalue weighted by molar-refractivity contribution is 5.47. The minimum atomic E-state index is -0.0260. The summed E-state index contributed by atoms with van der Waals surface area (Å²) in [5.74, 6) is 0. The molecule has 0 saturated carbocycles. The molecule has 0 bridgehead atoms. The molecule has 22 heavy (non-hydrogen) atoms. The fourth-order valence-electron chi connectivity index (χ4n) is 1.57. The molecule has 2 heteroatoms. The van der Waals surface area contributed by atoms with Gasteiger partial charge in [0.1, 0.15) is 0 Å². The molecule has 0 unspecified atom stereocenters. The van der Waals surface area contributed by atoms with E-state index in [4.69, 9.17) is 0 Å². The van der Waals surface area contributed by atoms with Gasteiger partial charge in [-0.1, -0.05) is 63.9 Å². The van der Waals surface area contributed by atoms with Crippen molar-refractivity contribution in [1.82, 2.24) is 4.90 Å². The number of hydrogen-bond acceptors (Lipinski definition) is 1. The zero-order valence-electron chi connectivity index (χ0n) is 16.7. The molecule has 1 rings (SSSR count). The molecule has 1 aromatic rings. The Hall–Kier alpha value is -1.31. The van der Waals surface area contributed by atoms with E-state index in [0.29, 0.717) is 0 Å². The zero-order valence-corrected chi connectivity index (χ0v) is 16.7. The molecule has 0 aliphatic heterocycles. The number of aryl methyl sites for hydroxylation is 2. The van der Waals surface area contributed by atoms with E-state index in [1.54, 1.807) is 11.9 Å². The van der Waals surface area contributed by atoms with Gasteiger partial charge >= 0.3 is 0 Å². The van der Waals surface area contributed by atoms with E-state index in [-0.39, 0.29) is 11.0 Å². The van der Waals surface area contributed by atoms with Gasteiger partial charge in [-0.2, -0.15) is 0 Å². The van der Waals surface area contributed by atoms with Crippen LogP contribution in [0, 0.1) is 13.8 Å². The molecule has 0 saturated heterocycles. The summed E-state index contributed by atoms with van der Waals surface area (Å²) in [6.07, 6.45) is 0.833. The summed E-state index contributed by atoms with van der Waals surface area (Å²) in [6, 6.07) is 6.76. The van der Waals surface area contributed by atoms with Crippen LogP contribution in [0.5, 0.6) is 0 Å². The number of amides is 1. The van der Waals surface area contributed by atoms with Crippen LogP contribution in [0.2, 0.25) is 0 Å². The highest BCUT2D eigenvalue weighted by atomic mass is 16.1. The van der Waals surface area contributed by atoms with Crippen LogP contribution in [0.1, 0.15) is 72.1 Å². The van der Waals surface area contributed by atoms with Crippen LogP contribution >= 0.6 is 0 Å². The number of carbonyl (C=O) groups excluding carboxylic acids is 1. The summed E-state index contributed by atoms with van der Waals surface area (Å²) < 4.78 is 0. The zero-order chi connectivity index (χ0) is 18.1. The quantitative estimate of drug-likeness (QED) is 0.627. The van der Waals surface area contributed by atoms with E-state index in [9.17, 15) is 4.79 Å². The van der Waals surface area contributed by atoms with Gasteiger partial charge in [-0.3, -0.25) is 4.79 Å². The first kappa shape index (κ1) is 23.0. The van der Waals surface area contributed by atoms with Crippen LogP contribution in [-0.2, 0) is 10.2 Å². The molecule has 0 aromatic heterocycles. The maximum atomic E-state index is 10.1. The lowest BCUT2D eigenvalue weighted by Gasteiger charge is -2.27. The molecule has 2 nitrogen and oxygen atoms in total. The van der Waals surface area contributed by atoms with Gasteiger partial charge in [-0.15, -0.1) is 0 Å². The number of benzene rings is 1. The van der Waals surface area contributed by atoms with E-state index < -0.39 is 0 Å². The standard InChI is InChI=1S/C12H18.C6H13NO.C2H6/c1-9-6-10(2)8-11(7-9)12(3,4)5;1-6(2,3)7(4)5-8;1-2/h6-8H,1-5H3;5H,1-4H3;1-2H3. The maximum Gasteiger partial charge on any atom is 0.209 e. The number of nitrogens with zero attached hydrogens (tertiary/aromatic N) is 1. The van der Waals surface area contributed by atoms with Crippen LogP contribution in [0.4, 0.5) is 0 Å². The molecular weight excluding hydrogens is 270 g/mol. The maximum absolute atomic E-state index is 10.1. The van der Waals surface area contributed by atoms with E-state index in [1.165, 1.54) is 16.7 Å². The van der Waals surface area contributed by atoms with E-state index in [1.807, 2.05) is 34.6 Å². The highest BCUT2D eigenvalue weighted by Crippen LogP contribution is 2.23. The lowest BCUT2D eigenvalue weighted by molar-refractivity contribution is -0.120. The number of carbonyl (C=O) groups is 1. The fraction of sp³-hybridized carbons (Fsp3) is 0.650. The van der Waals surface area contributed by atoms with Gasteiger partial charge in [0.2, 0.25) is 6.41 Å². The van der Waals surface area contributed by atoms with Crippen LogP contribution in [-0.4, -0.2) is 23.9 Å². The molecule has 0 N–H and O–H groups in total. The average Bonchev–Trinajstić information content (AvgIpc) is 2.37. The lowest BCUT2D eigenvalue weighted by Crippen LogP contribution is -2.36. The van der Waals surface area contributed by atoms with E-state index >= 15 is 0 Å². The van der Waals surface area contributed by atoms with Crippen LogP contribution in [0.15, 0.2) is 18.2 Å². The van der Waals surface area contributed by atoms with E-state index in [2.05, 4.69) is 52.8 Å². The van der Waals surface area contributed by atoms with Gasteiger partial charge in [0.05, 0.1) is 0 Å². The summed E-state index contributed by atoms with van der Waals surface area (Å²) in [6.45, 7) is 21.0. The lowest BCUT2D eigenvalue weighted by atomic mass is 9.85. The van der Waals surface area contributed by atoms with Crippen molar-refractivity contribution in [3.63, 3.8) is 0 Å². The minimum absolute atomic E-state index is 0.0260. The largest absolute Gasteiger partial charge is 0.343 e. The molecule has 0 radical (unpaired) electrons. The normalized spacial score (nSPS) is 10.7. The van der Waals surface area contributed by atoms with Crippen molar-refractivity contribution in [2.24, 2.45) is 0 Å². The predicted octanol–water partition coefficient (Wildman–Crippen LogP) is 5.50. The smallest absolute Gasteiger partial charge is 0.209 e. The minimum Gasteiger partial charge on any atom is -0.343 e. The van der Waals surface area contributed by atoms with Gasteiger partial charge < -0.3 is 4.90 Å². The Morgan fingerprint density at radius 3 is 1.41 bits per heavy atom. The second-order valence-electron chi connectivity index (χ2n) is 7.51. The highest BCUT2D eigenvalue weighted by Gasteiger charge is 2.14. The fourth-order valence-corrected chi connectivity index (χ4v) is 1.57. The average molecular weight is 308 g/mol. The van der Waals surface area contributed by atoms with Crippen molar-refractivity contribution in [1.29, 1.82) is 0 Å². The van der Waals surface area contributed by atoms with Crippen LogP contribution < -0.4 is 0 Å². The van der Waals surface area contributed by atoms with Gasteiger partial charge in [-0.25, -0.2) is 0 Å². The topological polar surface area (TPSA) is 20.3 Å².